The highest BCUT2D eigenvalue weighted by Crippen LogP contribution is 2.19. The molecule has 0 aromatic heterocycles. The van der Waals surface area contributed by atoms with Crippen molar-refractivity contribution in [3.63, 3.8) is 0 Å². The second-order valence-corrected chi connectivity index (χ2v) is 8.01. The lowest BCUT2D eigenvalue weighted by Crippen LogP contribution is -2.06. The highest BCUT2D eigenvalue weighted by atomic mass is 32.2. The van der Waals surface area contributed by atoms with E-state index >= 15 is 0 Å². The Labute approximate surface area is 151 Å². The van der Waals surface area contributed by atoms with E-state index in [2.05, 4.69) is 11.9 Å². The number of hydrogen-bond acceptors (Lipinski definition) is 4. The van der Waals surface area contributed by atoms with E-state index in [4.69, 9.17) is 4.55 Å². The zero-order valence-electron chi connectivity index (χ0n) is 15.2. The molecule has 0 bridgehead atoms. The van der Waals surface area contributed by atoms with Crippen molar-refractivity contribution in [1.82, 2.24) is 0 Å². The zero-order valence-corrected chi connectivity index (χ0v) is 16.0. The molecule has 1 aromatic carbocycles. The van der Waals surface area contributed by atoms with Crippen molar-refractivity contribution in [2.24, 2.45) is 4.99 Å². The average Bonchev–Trinajstić information content (AvgIpc) is 2.55. The van der Waals surface area contributed by atoms with Crippen molar-refractivity contribution in [3.8, 4) is 5.75 Å². The van der Waals surface area contributed by atoms with Gasteiger partial charge in [0, 0.05) is 11.8 Å². The van der Waals surface area contributed by atoms with Crippen LogP contribution in [0.2, 0.25) is 0 Å². The summed E-state index contributed by atoms with van der Waals surface area (Å²) in [6.45, 7) is 2.20. The lowest BCUT2D eigenvalue weighted by molar-refractivity contribution is 0.474. The minimum atomic E-state index is -4.00. The van der Waals surface area contributed by atoms with Gasteiger partial charge in [-0.05, 0) is 30.5 Å². The van der Waals surface area contributed by atoms with Crippen LogP contribution in [0.3, 0.4) is 0 Å². The molecule has 0 heterocycles. The molecule has 0 spiro atoms. The summed E-state index contributed by atoms with van der Waals surface area (Å²) < 4.78 is 29.9. The molecule has 25 heavy (non-hydrogen) atoms. The van der Waals surface area contributed by atoms with Gasteiger partial charge in [0.2, 0.25) is 0 Å². The van der Waals surface area contributed by atoms with Gasteiger partial charge < -0.3 is 5.11 Å². The molecule has 6 heteroatoms. The first-order valence-electron chi connectivity index (χ1n) is 9.19. The van der Waals surface area contributed by atoms with Crippen LogP contribution in [-0.2, 0) is 16.5 Å². The van der Waals surface area contributed by atoms with Gasteiger partial charge in [-0.15, -0.1) is 0 Å². The molecule has 0 saturated carbocycles. The summed E-state index contributed by atoms with van der Waals surface area (Å²) in [7, 11) is -4.00. The molecule has 0 aliphatic rings. The summed E-state index contributed by atoms with van der Waals surface area (Å²) in [6, 6.07) is 5.43. The van der Waals surface area contributed by atoms with Crippen molar-refractivity contribution in [3.05, 3.63) is 29.3 Å². The summed E-state index contributed by atoms with van der Waals surface area (Å²) in [6.07, 6.45) is 12.6. The van der Waals surface area contributed by atoms with Gasteiger partial charge >= 0.3 is 0 Å². The number of aryl methyl sites for hydroxylation is 1. The third-order valence-corrected chi connectivity index (χ3v) is 4.82. The fraction of sp³-hybridized carbons (Fsp3) is 0.632. The molecule has 2 N–H and O–H groups in total. The molecular weight excluding hydrogens is 338 g/mol. The quantitative estimate of drug-likeness (QED) is 0.307. The van der Waals surface area contributed by atoms with Gasteiger partial charge in [-0.1, -0.05) is 57.9 Å². The number of phenols is 1. The Morgan fingerprint density at radius 2 is 1.68 bits per heavy atom. The zero-order chi connectivity index (χ0) is 18.5. The van der Waals surface area contributed by atoms with Crippen LogP contribution in [0.4, 0.5) is 0 Å². The van der Waals surface area contributed by atoms with Crippen LogP contribution in [0, 0.1) is 0 Å². The van der Waals surface area contributed by atoms with Gasteiger partial charge in [0.15, 0.2) is 0 Å². The lowest BCUT2D eigenvalue weighted by atomic mass is 10.0. The molecule has 0 radical (unpaired) electrons. The van der Waals surface area contributed by atoms with Crippen LogP contribution < -0.4 is 0 Å². The van der Waals surface area contributed by atoms with Crippen molar-refractivity contribution >= 4 is 16.3 Å². The maximum absolute atomic E-state index is 10.6. The first-order valence-corrected chi connectivity index (χ1v) is 10.8. The molecule has 5 nitrogen and oxygen atoms in total. The first-order chi connectivity index (χ1) is 11.9. The van der Waals surface area contributed by atoms with Crippen LogP contribution in [-0.4, -0.2) is 36.6 Å². The Morgan fingerprint density at radius 1 is 1.04 bits per heavy atom. The van der Waals surface area contributed by atoms with Crippen LogP contribution in [0.15, 0.2) is 23.2 Å². The van der Waals surface area contributed by atoms with Gasteiger partial charge in [0.25, 0.3) is 10.1 Å². The summed E-state index contributed by atoms with van der Waals surface area (Å²) in [5, 5.41) is 9.85. The van der Waals surface area contributed by atoms with E-state index < -0.39 is 15.9 Å². The maximum atomic E-state index is 10.6. The molecular formula is C19H31NO4S. The second-order valence-electron chi connectivity index (χ2n) is 6.44. The third kappa shape index (κ3) is 10.9. The molecule has 0 amide bonds. The molecule has 0 atom stereocenters. The van der Waals surface area contributed by atoms with Crippen LogP contribution in [0.1, 0.15) is 69.4 Å². The largest absolute Gasteiger partial charge is 0.507 e. The molecule has 0 fully saturated rings. The number of rotatable bonds is 13. The average molecular weight is 370 g/mol. The summed E-state index contributed by atoms with van der Waals surface area (Å²) in [5.74, 6) is -0.294. The highest BCUT2D eigenvalue weighted by molar-refractivity contribution is 7.85. The smallest absolute Gasteiger partial charge is 0.266 e. The van der Waals surface area contributed by atoms with Crippen LogP contribution in [0.5, 0.6) is 5.75 Å². The molecule has 0 unspecified atom stereocenters. The Kier molecular flexibility index (Phi) is 10.4. The van der Waals surface area contributed by atoms with E-state index in [0.29, 0.717) is 5.56 Å². The minimum absolute atomic E-state index is 0.0272. The Bertz CT molecular complexity index is 626. The first kappa shape index (κ1) is 21.6. The number of hydrogen-bond donors (Lipinski definition) is 2. The van der Waals surface area contributed by atoms with Crippen LogP contribution >= 0.6 is 0 Å². The predicted octanol–water partition coefficient (Wildman–Crippen LogP) is 4.38. The van der Waals surface area contributed by atoms with Crippen LogP contribution in [0.25, 0.3) is 0 Å². The fourth-order valence-corrected chi connectivity index (χ4v) is 2.99. The monoisotopic (exact) mass is 369 g/mol. The minimum Gasteiger partial charge on any atom is -0.507 e. The standard InChI is InChI=1S/C19H31NO4S/c1-2-3-4-5-6-7-8-9-10-17-11-12-19(21)18(15-17)16-20-13-14-25(22,23)24/h11-12,15-16,21H,2-10,13-14H2,1H3,(H,22,23,24). The van der Waals surface area contributed by atoms with E-state index in [0.717, 1.165) is 18.4 Å². The third-order valence-electron chi connectivity index (χ3n) is 4.12. The van der Waals surface area contributed by atoms with Gasteiger partial charge in [-0.25, -0.2) is 0 Å². The van der Waals surface area contributed by atoms with E-state index in [1.807, 2.05) is 12.1 Å². The van der Waals surface area contributed by atoms with Crippen molar-refractivity contribution in [1.29, 1.82) is 0 Å². The Balaban J connectivity index is 2.35. The number of nitrogens with zero attached hydrogens (tertiary/aromatic N) is 1. The molecule has 1 rings (SSSR count). The topological polar surface area (TPSA) is 87.0 Å². The number of unbranched alkanes of at least 4 members (excludes halogenated alkanes) is 7. The number of aromatic hydroxyl groups is 1. The van der Waals surface area contributed by atoms with Gasteiger partial charge in [0.05, 0.1) is 12.3 Å². The molecule has 0 saturated heterocycles. The second kappa shape index (κ2) is 12.0. The van der Waals surface area contributed by atoms with Gasteiger partial charge in [0.1, 0.15) is 5.75 Å². The van der Waals surface area contributed by atoms with E-state index in [-0.39, 0.29) is 12.3 Å². The Morgan fingerprint density at radius 3 is 2.32 bits per heavy atom. The summed E-state index contributed by atoms with van der Waals surface area (Å²) in [5.41, 5.74) is 1.72. The van der Waals surface area contributed by atoms with Crippen molar-refractivity contribution in [2.45, 2.75) is 64.7 Å². The lowest BCUT2D eigenvalue weighted by Gasteiger charge is -2.05. The fourth-order valence-electron chi connectivity index (χ4n) is 2.66. The summed E-state index contributed by atoms with van der Waals surface area (Å²) >= 11 is 0. The number of benzene rings is 1. The van der Waals surface area contributed by atoms with Gasteiger partial charge in [-0.3, -0.25) is 9.55 Å². The predicted molar refractivity (Wildman–Crippen MR) is 103 cm³/mol. The maximum Gasteiger partial charge on any atom is 0.266 e. The van der Waals surface area contributed by atoms with Crippen molar-refractivity contribution < 1.29 is 18.1 Å². The summed E-state index contributed by atoms with van der Waals surface area (Å²) in [4.78, 5) is 3.95. The number of phenolic OH excluding ortho intramolecular Hbond substituents is 1. The molecule has 142 valence electrons. The number of aliphatic imine (C=N–C) groups is 1. The van der Waals surface area contributed by atoms with E-state index in [1.54, 1.807) is 6.07 Å². The SMILES string of the molecule is CCCCCCCCCCc1ccc(O)c(C=NCCS(=O)(=O)O)c1. The Hall–Kier alpha value is -1.40. The molecule has 0 aliphatic carbocycles. The van der Waals surface area contributed by atoms with E-state index in [9.17, 15) is 13.5 Å². The normalized spacial score (nSPS) is 12.1. The molecule has 1 aromatic rings. The molecule has 0 aliphatic heterocycles. The van der Waals surface area contributed by atoms with Gasteiger partial charge in [-0.2, -0.15) is 8.42 Å². The van der Waals surface area contributed by atoms with Crippen molar-refractivity contribution in [2.75, 3.05) is 12.3 Å². The van der Waals surface area contributed by atoms with E-state index in [1.165, 1.54) is 51.2 Å². The highest BCUT2D eigenvalue weighted by Gasteiger charge is 2.03.